The van der Waals surface area contributed by atoms with Crippen molar-refractivity contribution in [3.8, 4) is 17.6 Å². The lowest BCUT2D eigenvalue weighted by Gasteiger charge is -2.09. The van der Waals surface area contributed by atoms with Gasteiger partial charge in [-0.25, -0.2) is 0 Å². The van der Waals surface area contributed by atoms with Gasteiger partial charge in [-0.1, -0.05) is 6.08 Å². The summed E-state index contributed by atoms with van der Waals surface area (Å²) in [5, 5.41) is 18.4. The number of methoxy groups -OCH3 is 1. The van der Waals surface area contributed by atoms with Crippen LogP contribution in [0.2, 0.25) is 0 Å². The van der Waals surface area contributed by atoms with Crippen molar-refractivity contribution in [1.82, 2.24) is 0 Å². The largest absolute Gasteiger partial charge is 0.506 e. The third-order valence-electron chi connectivity index (χ3n) is 1.93. The summed E-state index contributed by atoms with van der Waals surface area (Å²) in [4.78, 5) is 0. The maximum absolute atomic E-state index is 9.68. The Bertz CT molecular complexity index is 391. The molecule has 0 amide bonds. The van der Waals surface area contributed by atoms with Crippen LogP contribution in [-0.4, -0.2) is 12.2 Å². The highest BCUT2D eigenvalue weighted by molar-refractivity contribution is 5.54. The molecule has 72 valence electrons. The van der Waals surface area contributed by atoms with Gasteiger partial charge < -0.3 is 9.84 Å². The number of rotatable bonds is 3. The van der Waals surface area contributed by atoms with E-state index >= 15 is 0 Å². The van der Waals surface area contributed by atoms with Gasteiger partial charge in [0.15, 0.2) is 0 Å². The van der Waals surface area contributed by atoms with E-state index < -0.39 is 0 Å². The van der Waals surface area contributed by atoms with Crippen LogP contribution in [0.25, 0.3) is 0 Å². The fraction of sp³-hybridized carbons (Fsp3) is 0.182. The molecule has 0 saturated carbocycles. The van der Waals surface area contributed by atoms with Crippen LogP contribution < -0.4 is 4.74 Å². The number of aromatic hydroxyl groups is 1. The second kappa shape index (κ2) is 4.33. The fourth-order valence-electron chi connectivity index (χ4n) is 1.24. The van der Waals surface area contributed by atoms with E-state index in [4.69, 9.17) is 10.00 Å². The van der Waals surface area contributed by atoms with Crippen molar-refractivity contribution >= 4 is 0 Å². The topological polar surface area (TPSA) is 53.2 Å². The zero-order chi connectivity index (χ0) is 10.6. The predicted octanol–water partition coefficient (Wildman–Crippen LogP) is 2.00. The van der Waals surface area contributed by atoms with Crippen LogP contribution in [0.1, 0.15) is 11.1 Å². The van der Waals surface area contributed by atoms with Crippen molar-refractivity contribution in [2.75, 3.05) is 7.11 Å². The molecule has 0 bridgehead atoms. The fourth-order valence-corrected chi connectivity index (χ4v) is 1.24. The molecule has 0 atom stereocenters. The highest BCUT2D eigenvalue weighted by atomic mass is 16.5. The molecule has 1 rings (SSSR count). The maximum atomic E-state index is 9.68. The van der Waals surface area contributed by atoms with Crippen molar-refractivity contribution < 1.29 is 9.84 Å². The number of allylic oxidation sites excluding steroid dienone is 1. The number of ether oxygens (including phenoxy) is 1. The molecular formula is C11H11NO2. The molecule has 0 aromatic heterocycles. The second-order valence-electron chi connectivity index (χ2n) is 2.75. The van der Waals surface area contributed by atoms with Gasteiger partial charge in [-0.2, -0.15) is 5.26 Å². The lowest BCUT2D eigenvalue weighted by molar-refractivity contribution is 0.401. The van der Waals surface area contributed by atoms with E-state index in [0.29, 0.717) is 17.7 Å². The van der Waals surface area contributed by atoms with Crippen molar-refractivity contribution in [2.45, 2.75) is 6.42 Å². The highest BCUT2D eigenvalue weighted by Crippen LogP contribution is 2.31. The minimum atomic E-state index is -0.0215. The third kappa shape index (κ3) is 1.69. The Morgan fingerprint density at radius 3 is 2.86 bits per heavy atom. The Hall–Kier alpha value is -1.95. The molecule has 0 aliphatic rings. The van der Waals surface area contributed by atoms with Crippen LogP contribution in [0.4, 0.5) is 0 Å². The lowest BCUT2D eigenvalue weighted by Crippen LogP contribution is -1.93. The smallest absolute Gasteiger partial charge is 0.140 e. The minimum Gasteiger partial charge on any atom is -0.506 e. The molecule has 0 heterocycles. The molecule has 0 saturated heterocycles. The predicted molar refractivity (Wildman–Crippen MR) is 53.3 cm³/mol. The molecular weight excluding hydrogens is 178 g/mol. The van der Waals surface area contributed by atoms with E-state index in [-0.39, 0.29) is 11.3 Å². The van der Waals surface area contributed by atoms with Gasteiger partial charge in [0.2, 0.25) is 0 Å². The van der Waals surface area contributed by atoms with E-state index in [0.717, 1.165) is 0 Å². The molecule has 0 aliphatic heterocycles. The van der Waals surface area contributed by atoms with Gasteiger partial charge in [-0.05, 0) is 18.6 Å². The summed E-state index contributed by atoms with van der Waals surface area (Å²) in [6.07, 6.45) is 2.13. The number of nitriles is 1. The number of hydrogen-bond acceptors (Lipinski definition) is 3. The van der Waals surface area contributed by atoms with E-state index in [1.54, 1.807) is 12.1 Å². The summed E-state index contributed by atoms with van der Waals surface area (Å²) in [5.74, 6) is 0.549. The van der Waals surface area contributed by atoms with E-state index in [1.165, 1.54) is 13.2 Å². The van der Waals surface area contributed by atoms with E-state index in [9.17, 15) is 5.11 Å². The van der Waals surface area contributed by atoms with Gasteiger partial charge >= 0.3 is 0 Å². The standard InChI is InChI=1S/C11H11NO2/c1-3-4-9-10(14-2)6-5-8(7-12)11(9)13/h3,5-6,13H,1,4H2,2H3. The molecule has 1 N–H and O–H groups in total. The zero-order valence-corrected chi connectivity index (χ0v) is 7.95. The molecule has 3 heteroatoms. The summed E-state index contributed by atoms with van der Waals surface area (Å²) < 4.78 is 5.06. The van der Waals surface area contributed by atoms with Gasteiger partial charge in [0.1, 0.15) is 17.6 Å². The van der Waals surface area contributed by atoms with Gasteiger partial charge in [0, 0.05) is 5.56 Å². The first kappa shape index (κ1) is 10.1. The lowest BCUT2D eigenvalue weighted by atomic mass is 10.1. The SMILES string of the molecule is C=CCc1c(OC)ccc(C#N)c1O. The number of hydrogen-bond donors (Lipinski definition) is 1. The molecule has 1 aromatic rings. The molecule has 0 unspecified atom stereocenters. The molecule has 0 radical (unpaired) electrons. The van der Waals surface area contributed by atoms with Crippen LogP contribution in [0, 0.1) is 11.3 Å². The number of benzene rings is 1. The minimum absolute atomic E-state index is 0.0215. The number of phenolic OH excluding ortho intramolecular Hbond substituents is 1. The Morgan fingerprint density at radius 1 is 1.64 bits per heavy atom. The maximum Gasteiger partial charge on any atom is 0.140 e. The normalized spacial score (nSPS) is 9.14. The summed E-state index contributed by atoms with van der Waals surface area (Å²) >= 11 is 0. The van der Waals surface area contributed by atoms with Crippen molar-refractivity contribution in [3.63, 3.8) is 0 Å². The van der Waals surface area contributed by atoms with Gasteiger partial charge in [0.05, 0.1) is 12.7 Å². The van der Waals surface area contributed by atoms with Crippen molar-refractivity contribution in [1.29, 1.82) is 5.26 Å². The summed E-state index contributed by atoms with van der Waals surface area (Å²) in [6.45, 7) is 3.58. The molecule has 0 aliphatic carbocycles. The van der Waals surface area contributed by atoms with Crippen LogP contribution in [0.5, 0.6) is 11.5 Å². The molecule has 3 nitrogen and oxygen atoms in total. The zero-order valence-electron chi connectivity index (χ0n) is 7.95. The number of phenols is 1. The third-order valence-corrected chi connectivity index (χ3v) is 1.93. The van der Waals surface area contributed by atoms with E-state index in [2.05, 4.69) is 6.58 Å². The quantitative estimate of drug-likeness (QED) is 0.740. The molecule has 0 fully saturated rings. The first-order chi connectivity index (χ1) is 6.74. The highest BCUT2D eigenvalue weighted by Gasteiger charge is 2.11. The van der Waals surface area contributed by atoms with Crippen molar-refractivity contribution in [2.24, 2.45) is 0 Å². The summed E-state index contributed by atoms with van der Waals surface area (Å²) in [7, 11) is 1.52. The summed E-state index contributed by atoms with van der Waals surface area (Å²) in [5.41, 5.74) is 0.851. The Kier molecular flexibility index (Phi) is 3.14. The monoisotopic (exact) mass is 189 g/mol. The Labute approximate surface area is 82.9 Å². The van der Waals surface area contributed by atoms with Crippen LogP contribution in [0.15, 0.2) is 24.8 Å². The molecule has 1 aromatic carbocycles. The van der Waals surface area contributed by atoms with Gasteiger partial charge in [-0.15, -0.1) is 6.58 Å². The molecule has 0 spiro atoms. The first-order valence-corrected chi connectivity index (χ1v) is 4.14. The van der Waals surface area contributed by atoms with Crippen molar-refractivity contribution in [3.05, 3.63) is 35.9 Å². The second-order valence-corrected chi connectivity index (χ2v) is 2.75. The first-order valence-electron chi connectivity index (χ1n) is 4.14. The number of nitrogens with zero attached hydrogens (tertiary/aromatic N) is 1. The van der Waals surface area contributed by atoms with Crippen LogP contribution in [-0.2, 0) is 6.42 Å². The van der Waals surface area contributed by atoms with Gasteiger partial charge in [0.25, 0.3) is 0 Å². The van der Waals surface area contributed by atoms with Crippen LogP contribution in [0.3, 0.4) is 0 Å². The van der Waals surface area contributed by atoms with E-state index in [1.807, 2.05) is 6.07 Å². The van der Waals surface area contributed by atoms with Crippen LogP contribution >= 0.6 is 0 Å². The average molecular weight is 189 g/mol. The summed E-state index contributed by atoms with van der Waals surface area (Å²) in [6, 6.07) is 5.10. The average Bonchev–Trinajstić information content (AvgIpc) is 2.21. The Balaban J connectivity index is 3.32. The van der Waals surface area contributed by atoms with Gasteiger partial charge in [-0.3, -0.25) is 0 Å². The Morgan fingerprint density at radius 2 is 2.36 bits per heavy atom. The molecule has 14 heavy (non-hydrogen) atoms.